The van der Waals surface area contributed by atoms with Gasteiger partial charge in [0.2, 0.25) is 0 Å². The van der Waals surface area contributed by atoms with Gasteiger partial charge in [-0.1, -0.05) is 0 Å². The largest absolute Gasteiger partial charge is 0.497 e. The maximum atomic E-state index is 12.4. The topological polar surface area (TPSA) is 72.8 Å². The molecule has 0 atom stereocenters. The number of carbonyl (C=O) groups excluding carboxylic acids is 1. The molecule has 0 bridgehead atoms. The smallest absolute Gasteiger partial charge is 0.336 e. The van der Waals surface area contributed by atoms with Crippen molar-refractivity contribution in [2.45, 2.75) is 33.8 Å². The molecule has 142 valence electrons. The third-order valence-corrected chi connectivity index (χ3v) is 4.10. The molecule has 0 aliphatic heterocycles. The fourth-order valence-electron chi connectivity index (χ4n) is 2.86. The van der Waals surface area contributed by atoms with Crippen LogP contribution in [0.2, 0.25) is 0 Å². The number of ketones is 1. The van der Waals surface area contributed by atoms with Gasteiger partial charge >= 0.3 is 5.97 Å². The molecule has 5 nitrogen and oxygen atoms in total. The SMILES string of the molecule is COc1ccc(C(=O)C=Cc2cc(C)c(C(=O)O)c(C)c2OC(C)C)cc1. The lowest BCUT2D eigenvalue weighted by Gasteiger charge is -2.18. The normalized spacial score (nSPS) is 11.0. The molecule has 0 saturated heterocycles. The standard InChI is InChI=1S/C22H24O5/c1-13(2)27-21-15(4)20(22(24)25)14(3)12-17(21)8-11-19(23)16-6-9-18(26-5)10-7-16/h6-13H,1-5H3,(H,24,25). The number of aromatic carboxylic acids is 1. The van der Waals surface area contributed by atoms with Crippen LogP contribution in [0.25, 0.3) is 6.08 Å². The van der Waals surface area contributed by atoms with Crippen LogP contribution in [0.3, 0.4) is 0 Å². The van der Waals surface area contributed by atoms with E-state index in [2.05, 4.69) is 0 Å². The summed E-state index contributed by atoms with van der Waals surface area (Å²) >= 11 is 0. The highest BCUT2D eigenvalue weighted by Crippen LogP contribution is 2.31. The van der Waals surface area contributed by atoms with Gasteiger partial charge in [0.05, 0.1) is 18.8 Å². The Morgan fingerprint density at radius 2 is 1.74 bits per heavy atom. The van der Waals surface area contributed by atoms with Crippen molar-refractivity contribution in [1.29, 1.82) is 0 Å². The molecule has 0 radical (unpaired) electrons. The van der Waals surface area contributed by atoms with Crippen molar-refractivity contribution >= 4 is 17.8 Å². The van der Waals surface area contributed by atoms with Gasteiger partial charge in [-0.05, 0) is 75.7 Å². The number of methoxy groups -OCH3 is 1. The lowest BCUT2D eigenvalue weighted by atomic mass is 9.97. The molecule has 2 aromatic carbocycles. The number of hydrogen-bond donors (Lipinski definition) is 1. The first-order valence-electron chi connectivity index (χ1n) is 8.65. The van der Waals surface area contributed by atoms with E-state index in [9.17, 15) is 14.7 Å². The fraction of sp³-hybridized carbons (Fsp3) is 0.273. The number of carbonyl (C=O) groups is 2. The highest BCUT2D eigenvalue weighted by atomic mass is 16.5. The molecule has 5 heteroatoms. The predicted molar refractivity (Wildman–Crippen MR) is 105 cm³/mol. The van der Waals surface area contributed by atoms with E-state index in [4.69, 9.17) is 9.47 Å². The number of carboxylic acid groups (broad SMARTS) is 1. The van der Waals surface area contributed by atoms with Gasteiger partial charge in [-0.2, -0.15) is 0 Å². The number of hydrogen-bond acceptors (Lipinski definition) is 4. The molecule has 2 aromatic rings. The monoisotopic (exact) mass is 368 g/mol. The zero-order chi connectivity index (χ0) is 20.1. The van der Waals surface area contributed by atoms with Crippen LogP contribution in [0.1, 0.15) is 51.3 Å². The number of benzene rings is 2. The number of allylic oxidation sites excluding steroid dienone is 1. The Bertz CT molecular complexity index is 877. The van der Waals surface area contributed by atoms with E-state index >= 15 is 0 Å². The van der Waals surface area contributed by atoms with Gasteiger partial charge in [0, 0.05) is 16.7 Å². The Kier molecular flexibility index (Phi) is 6.40. The lowest BCUT2D eigenvalue weighted by molar-refractivity contribution is 0.0694. The van der Waals surface area contributed by atoms with Gasteiger partial charge in [0.1, 0.15) is 11.5 Å². The van der Waals surface area contributed by atoms with Crippen LogP contribution in [0.5, 0.6) is 11.5 Å². The number of carboxylic acids is 1. The van der Waals surface area contributed by atoms with Crippen LogP contribution in [0, 0.1) is 13.8 Å². The summed E-state index contributed by atoms with van der Waals surface area (Å²) in [6.45, 7) is 7.19. The zero-order valence-electron chi connectivity index (χ0n) is 16.2. The van der Waals surface area contributed by atoms with Gasteiger partial charge in [0.25, 0.3) is 0 Å². The number of ether oxygens (including phenoxy) is 2. The maximum absolute atomic E-state index is 12.4. The summed E-state index contributed by atoms with van der Waals surface area (Å²) in [4.78, 5) is 24.0. The lowest BCUT2D eigenvalue weighted by Crippen LogP contribution is -2.12. The summed E-state index contributed by atoms with van der Waals surface area (Å²) in [6, 6.07) is 8.57. The first-order valence-corrected chi connectivity index (χ1v) is 8.65. The van der Waals surface area contributed by atoms with Crippen molar-refractivity contribution in [2.24, 2.45) is 0 Å². The molecule has 2 rings (SSSR count). The molecule has 1 N–H and O–H groups in total. The second kappa shape index (κ2) is 8.54. The van der Waals surface area contributed by atoms with Crippen molar-refractivity contribution in [2.75, 3.05) is 7.11 Å². The zero-order valence-corrected chi connectivity index (χ0v) is 16.2. The van der Waals surface area contributed by atoms with Crippen LogP contribution in [-0.2, 0) is 0 Å². The summed E-state index contributed by atoms with van der Waals surface area (Å²) < 4.78 is 10.9. The van der Waals surface area contributed by atoms with E-state index < -0.39 is 5.97 Å². The number of rotatable bonds is 7. The summed E-state index contributed by atoms with van der Waals surface area (Å²) in [5, 5.41) is 9.47. The molecule has 0 fully saturated rings. The van der Waals surface area contributed by atoms with Crippen molar-refractivity contribution in [3.8, 4) is 11.5 Å². The van der Waals surface area contributed by atoms with Gasteiger partial charge < -0.3 is 14.6 Å². The van der Waals surface area contributed by atoms with Crippen LogP contribution in [0.4, 0.5) is 0 Å². The molecule has 27 heavy (non-hydrogen) atoms. The third kappa shape index (κ3) is 4.76. The van der Waals surface area contributed by atoms with Crippen LogP contribution in [-0.4, -0.2) is 30.1 Å². The highest BCUT2D eigenvalue weighted by molar-refractivity contribution is 6.07. The van der Waals surface area contributed by atoms with E-state index in [1.165, 1.54) is 6.08 Å². The predicted octanol–water partition coefficient (Wildman–Crippen LogP) is 4.69. The Morgan fingerprint density at radius 3 is 2.26 bits per heavy atom. The van der Waals surface area contributed by atoms with Gasteiger partial charge in [0.15, 0.2) is 5.78 Å². The molecule has 0 aromatic heterocycles. The van der Waals surface area contributed by atoms with Crippen molar-refractivity contribution in [3.63, 3.8) is 0 Å². The van der Waals surface area contributed by atoms with Crippen molar-refractivity contribution < 1.29 is 24.2 Å². The Balaban J connectivity index is 2.42. The molecule has 0 aliphatic rings. The van der Waals surface area contributed by atoms with Crippen LogP contribution in [0.15, 0.2) is 36.4 Å². The van der Waals surface area contributed by atoms with Crippen LogP contribution >= 0.6 is 0 Å². The Hall–Kier alpha value is -3.08. The first-order chi connectivity index (χ1) is 12.7. The van der Waals surface area contributed by atoms with Gasteiger partial charge in [-0.15, -0.1) is 0 Å². The minimum absolute atomic E-state index is 0.127. The first kappa shape index (κ1) is 20.2. The number of aryl methyl sites for hydroxylation is 1. The van der Waals surface area contributed by atoms with E-state index in [0.29, 0.717) is 33.8 Å². The summed E-state index contributed by atoms with van der Waals surface area (Å²) in [5.74, 6) is -0.000323. The molecular formula is C22H24O5. The summed E-state index contributed by atoms with van der Waals surface area (Å²) in [5.41, 5.74) is 2.60. The average Bonchev–Trinajstić information content (AvgIpc) is 2.61. The molecule has 0 unspecified atom stereocenters. The molecule has 0 saturated carbocycles. The molecular weight excluding hydrogens is 344 g/mol. The third-order valence-electron chi connectivity index (χ3n) is 4.10. The molecule has 0 aliphatic carbocycles. The second-order valence-electron chi connectivity index (χ2n) is 6.51. The molecule has 0 spiro atoms. The highest BCUT2D eigenvalue weighted by Gasteiger charge is 2.19. The van der Waals surface area contributed by atoms with Gasteiger partial charge in [-0.25, -0.2) is 4.79 Å². The van der Waals surface area contributed by atoms with E-state index in [-0.39, 0.29) is 17.5 Å². The fourth-order valence-corrected chi connectivity index (χ4v) is 2.86. The maximum Gasteiger partial charge on any atom is 0.336 e. The van der Waals surface area contributed by atoms with Crippen LogP contribution < -0.4 is 9.47 Å². The van der Waals surface area contributed by atoms with Crippen molar-refractivity contribution in [1.82, 2.24) is 0 Å². The van der Waals surface area contributed by atoms with E-state index in [1.807, 2.05) is 13.8 Å². The minimum atomic E-state index is -0.997. The Morgan fingerprint density at radius 1 is 1.11 bits per heavy atom. The Labute approximate surface area is 159 Å². The van der Waals surface area contributed by atoms with E-state index in [1.54, 1.807) is 57.4 Å². The van der Waals surface area contributed by atoms with Gasteiger partial charge in [-0.3, -0.25) is 4.79 Å². The minimum Gasteiger partial charge on any atom is -0.497 e. The summed E-state index contributed by atoms with van der Waals surface area (Å²) in [7, 11) is 1.57. The van der Waals surface area contributed by atoms with E-state index in [0.717, 1.165) is 0 Å². The average molecular weight is 368 g/mol. The second-order valence-corrected chi connectivity index (χ2v) is 6.51. The summed E-state index contributed by atoms with van der Waals surface area (Å²) in [6.07, 6.45) is 3.00. The van der Waals surface area contributed by atoms with Crippen molar-refractivity contribution in [3.05, 3.63) is 64.2 Å². The molecule has 0 amide bonds. The quantitative estimate of drug-likeness (QED) is 0.567. The molecule has 0 heterocycles.